The number of hydrogen-bond donors (Lipinski definition) is 2. The fraction of sp³-hybridized carbons (Fsp3) is 1.00. The van der Waals surface area contributed by atoms with Crippen molar-refractivity contribution in [2.24, 2.45) is 5.41 Å². The van der Waals surface area contributed by atoms with E-state index in [1.165, 1.54) is 51.6 Å². The molecule has 3 nitrogen and oxygen atoms in total. The van der Waals surface area contributed by atoms with Crippen LogP contribution in [0.1, 0.15) is 44.9 Å². The molecule has 0 amide bonds. The molecule has 1 spiro atoms. The van der Waals surface area contributed by atoms with Crippen LogP contribution in [0, 0.1) is 5.41 Å². The van der Waals surface area contributed by atoms with E-state index < -0.39 is 0 Å². The summed E-state index contributed by atoms with van der Waals surface area (Å²) < 4.78 is 0. The van der Waals surface area contributed by atoms with Crippen LogP contribution in [0.5, 0.6) is 0 Å². The van der Waals surface area contributed by atoms with Crippen molar-refractivity contribution in [3.8, 4) is 0 Å². The van der Waals surface area contributed by atoms with Crippen molar-refractivity contribution in [2.75, 3.05) is 33.3 Å². The zero-order chi connectivity index (χ0) is 12.1. The second-order valence-electron chi connectivity index (χ2n) is 6.01. The Morgan fingerprint density at radius 2 is 1.82 bits per heavy atom. The van der Waals surface area contributed by atoms with Crippen molar-refractivity contribution in [1.29, 1.82) is 0 Å². The molecule has 1 unspecified atom stereocenters. The summed E-state index contributed by atoms with van der Waals surface area (Å²) in [5.41, 5.74) is 0.732. The van der Waals surface area contributed by atoms with Gasteiger partial charge in [0.1, 0.15) is 0 Å². The summed E-state index contributed by atoms with van der Waals surface area (Å²) in [6, 6.07) is 0.275. The highest BCUT2D eigenvalue weighted by Gasteiger charge is 2.36. The third kappa shape index (κ3) is 3.43. The minimum absolute atomic E-state index is 0.258. The topological polar surface area (TPSA) is 35.5 Å². The monoisotopic (exact) mass is 240 g/mol. The van der Waals surface area contributed by atoms with Gasteiger partial charge in [0.15, 0.2) is 0 Å². The summed E-state index contributed by atoms with van der Waals surface area (Å²) in [6.45, 7) is 3.96. The summed E-state index contributed by atoms with van der Waals surface area (Å²) in [5.74, 6) is 0. The number of nitrogens with zero attached hydrogens (tertiary/aromatic N) is 1. The molecule has 17 heavy (non-hydrogen) atoms. The molecule has 1 saturated carbocycles. The minimum atomic E-state index is 0.258. The maximum absolute atomic E-state index is 9.14. The Kier molecular flexibility index (Phi) is 4.83. The quantitative estimate of drug-likeness (QED) is 0.766. The lowest BCUT2D eigenvalue weighted by Gasteiger charge is -2.39. The average molecular weight is 240 g/mol. The second-order valence-corrected chi connectivity index (χ2v) is 6.01. The van der Waals surface area contributed by atoms with Crippen LogP contribution in [0.2, 0.25) is 0 Å². The van der Waals surface area contributed by atoms with Gasteiger partial charge in [-0.15, -0.1) is 0 Å². The van der Waals surface area contributed by atoms with Gasteiger partial charge in [0, 0.05) is 6.04 Å². The first-order valence-corrected chi connectivity index (χ1v) is 7.28. The molecule has 1 saturated heterocycles. The SMILES string of the molecule is CNC(CO)CCN1CCC2(CCCC2)CC1. The number of likely N-dealkylation sites (N-methyl/N-ethyl adjacent to an activating group) is 1. The number of nitrogens with one attached hydrogen (secondary N) is 1. The third-order valence-corrected chi connectivity index (χ3v) is 5.00. The molecule has 1 heterocycles. The Balaban J connectivity index is 1.68. The first-order chi connectivity index (χ1) is 8.28. The number of aliphatic hydroxyl groups excluding tert-OH is 1. The maximum Gasteiger partial charge on any atom is 0.0585 e. The number of piperidine rings is 1. The minimum Gasteiger partial charge on any atom is -0.395 e. The van der Waals surface area contributed by atoms with Crippen LogP contribution in [-0.2, 0) is 0 Å². The lowest BCUT2D eigenvalue weighted by molar-refractivity contribution is 0.102. The van der Waals surface area contributed by atoms with Crippen LogP contribution in [0.15, 0.2) is 0 Å². The van der Waals surface area contributed by atoms with E-state index in [1.54, 1.807) is 0 Å². The van der Waals surface area contributed by atoms with E-state index in [1.807, 2.05) is 7.05 Å². The summed E-state index contributed by atoms with van der Waals surface area (Å²) in [6.07, 6.45) is 9.79. The first-order valence-electron chi connectivity index (χ1n) is 7.28. The lowest BCUT2D eigenvalue weighted by Crippen LogP contribution is -2.41. The molecule has 1 aliphatic carbocycles. The van der Waals surface area contributed by atoms with Gasteiger partial charge >= 0.3 is 0 Å². The van der Waals surface area contributed by atoms with E-state index in [0.29, 0.717) is 0 Å². The molecule has 100 valence electrons. The molecule has 1 atom stereocenters. The Morgan fingerprint density at radius 3 is 2.35 bits per heavy atom. The van der Waals surface area contributed by atoms with Gasteiger partial charge in [-0.1, -0.05) is 12.8 Å². The van der Waals surface area contributed by atoms with E-state index in [0.717, 1.165) is 18.4 Å². The Hall–Kier alpha value is -0.120. The molecule has 0 radical (unpaired) electrons. The Bertz CT molecular complexity index is 210. The summed E-state index contributed by atoms with van der Waals surface area (Å²) >= 11 is 0. The van der Waals surface area contributed by atoms with E-state index in [4.69, 9.17) is 5.11 Å². The van der Waals surface area contributed by atoms with E-state index in [2.05, 4.69) is 10.2 Å². The second kappa shape index (κ2) is 6.17. The molecule has 2 fully saturated rings. The largest absolute Gasteiger partial charge is 0.395 e. The molecular weight excluding hydrogens is 212 g/mol. The molecule has 3 heteroatoms. The van der Waals surface area contributed by atoms with Crippen molar-refractivity contribution in [3.63, 3.8) is 0 Å². The molecule has 2 N–H and O–H groups in total. The van der Waals surface area contributed by atoms with Crippen molar-refractivity contribution in [3.05, 3.63) is 0 Å². The van der Waals surface area contributed by atoms with E-state index in [-0.39, 0.29) is 12.6 Å². The van der Waals surface area contributed by atoms with Crippen molar-refractivity contribution >= 4 is 0 Å². The molecule has 0 aromatic rings. The zero-order valence-electron chi connectivity index (χ0n) is 11.2. The molecule has 0 aromatic carbocycles. The number of aliphatic hydroxyl groups is 1. The van der Waals surface area contributed by atoms with Crippen molar-refractivity contribution in [2.45, 2.75) is 51.0 Å². The molecular formula is C14H28N2O. The number of hydrogen-bond acceptors (Lipinski definition) is 3. The highest BCUT2D eigenvalue weighted by atomic mass is 16.3. The van der Waals surface area contributed by atoms with Gasteiger partial charge in [0.25, 0.3) is 0 Å². The number of likely N-dealkylation sites (tertiary alicyclic amines) is 1. The normalized spacial score (nSPS) is 26.5. The van der Waals surface area contributed by atoms with Gasteiger partial charge < -0.3 is 15.3 Å². The summed E-state index contributed by atoms with van der Waals surface area (Å²) in [5, 5.41) is 12.3. The molecule has 2 aliphatic rings. The van der Waals surface area contributed by atoms with Crippen LogP contribution in [0.3, 0.4) is 0 Å². The lowest BCUT2D eigenvalue weighted by atomic mass is 9.77. The summed E-state index contributed by atoms with van der Waals surface area (Å²) in [7, 11) is 1.94. The molecule has 0 aromatic heterocycles. The molecule has 0 bridgehead atoms. The van der Waals surface area contributed by atoms with Gasteiger partial charge in [0.05, 0.1) is 6.61 Å². The van der Waals surface area contributed by atoms with Crippen LogP contribution >= 0.6 is 0 Å². The van der Waals surface area contributed by atoms with Gasteiger partial charge in [-0.25, -0.2) is 0 Å². The smallest absolute Gasteiger partial charge is 0.0585 e. The fourth-order valence-electron chi connectivity index (χ4n) is 3.54. The van der Waals surface area contributed by atoms with Crippen molar-refractivity contribution in [1.82, 2.24) is 10.2 Å². The third-order valence-electron chi connectivity index (χ3n) is 5.00. The van der Waals surface area contributed by atoms with Crippen LogP contribution in [-0.4, -0.2) is 49.3 Å². The zero-order valence-corrected chi connectivity index (χ0v) is 11.2. The first kappa shape index (κ1) is 13.3. The maximum atomic E-state index is 9.14. The standard InChI is InChI=1S/C14H28N2O/c1-15-13(12-17)4-9-16-10-7-14(8-11-16)5-2-3-6-14/h13,15,17H,2-12H2,1H3. The Labute approximate surface area is 106 Å². The van der Waals surface area contributed by atoms with Gasteiger partial charge in [-0.3, -0.25) is 0 Å². The fourth-order valence-corrected chi connectivity index (χ4v) is 3.54. The highest BCUT2D eigenvalue weighted by Crippen LogP contribution is 2.45. The van der Waals surface area contributed by atoms with Gasteiger partial charge in [-0.05, 0) is 64.2 Å². The predicted molar refractivity (Wildman–Crippen MR) is 71.1 cm³/mol. The van der Waals surface area contributed by atoms with E-state index >= 15 is 0 Å². The predicted octanol–water partition coefficient (Wildman–Crippen LogP) is 1.61. The van der Waals surface area contributed by atoms with Crippen LogP contribution in [0.4, 0.5) is 0 Å². The molecule has 2 rings (SSSR count). The van der Waals surface area contributed by atoms with Crippen molar-refractivity contribution < 1.29 is 5.11 Å². The van der Waals surface area contributed by atoms with Gasteiger partial charge in [0.2, 0.25) is 0 Å². The average Bonchev–Trinajstić information content (AvgIpc) is 2.81. The Morgan fingerprint density at radius 1 is 1.18 bits per heavy atom. The number of rotatable bonds is 5. The van der Waals surface area contributed by atoms with E-state index in [9.17, 15) is 0 Å². The summed E-state index contributed by atoms with van der Waals surface area (Å²) in [4.78, 5) is 2.59. The highest BCUT2D eigenvalue weighted by molar-refractivity contribution is 4.89. The molecule has 1 aliphatic heterocycles. The van der Waals surface area contributed by atoms with Gasteiger partial charge in [-0.2, -0.15) is 0 Å². The van der Waals surface area contributed by atoms with Crippen LogP contribution in [0.25, 0.3) is 0 Å². The van der Waals surface area contributed by atoms with Crippen LogP contribution < -0.4 is 5.32 Å².